The molecule has 10 rings (SSSR count). The molecule has 4 aromatic rings. The summed E-state index contributed by atoms with van der Waals surface area (Å²) in [5.41, 5.74) is 9.49. The van der Waals surface area contributed by atoms with Gasteiger partial charge in [0.15, 0.2) is 0 Å². The molecule has 6 fully saturated rings. The van der Waals surface area contributed by atoms with E-state index < -0.39 is 11.6 Å². The van der Waals surface area contributed by atoms with Crippen molar-refractivity contribution in [1.29, 1.82) is 0 Å². The first-order valence-corrected chi connectivity index (χ1v) is 27.2. The van der Waals surface area contributed by atoms with E-state index in [-0.39, 0.29) is 47.8 Å². The molecule has 2 saturated carbocycles. The standard InChI is InChI=1S/C55H73ClN10O5/c56-43-14-12-39(13-15-43)47(61-54(70)55(57)24-34-64(35-25-55)50-46-16-26-58-49(46)59-36-60-50)23-29-63-27-19-44(20-28-63)71-45-21-32-66(33-22-45)53(69)48(40-4-2-1-3-5-40)62-51(67)41-8-6-37(7-9-41)38-17-30-65(31-18-38)52(68)42-10-11-42/h6-9,12-16,26,36,38,40,42,44-45,47-48H,1-5,10-11,17-25,27-35,57H2,(H,61,70)(H,62,67)(H,58,59,60)/t47-,48+/m0/s1. The number of nitrogens with zero attached hydrogens (tertiary/aromatic N) is 6. The maximum absolute atomic E-state index is 14.3. The Morgan fingerprint density at radius 2 is 1.41 bits per heavy atom. The van der Waals surface area contributed by atoms with Crippen LogP contribution in [0.25, 0.3) is 11.0 Å². The number of carbonyl (C=O) groups is 4. The van der Waals surface area contributed by atoms with Gasteiger partial charge in [0.1, 0.15) is 23.8 Å². The molecule has 0 unspecified atom stereocenters. The number of carbonyl (C=O) groups excluding carboxylic acids is 4. The quantitative estimate of drug-likeness (QED) is 0.0958. The number of hydrogen-bond acceptors (Lipinski definition) is 10. The van der Waals surface area contributed by atoms with Crippen LogP contribution in [-0.4, -0.2) is 136 Å². The number of anilines is 1. The Morgan fingerprint density at radius 1 is 0.746 bits per heavy atom. The van der Waals surface area contributed by atoms with Crippen molar-refractivity contribution in [2.45, 2.75) is 138 Å². The third-order valence-corrected chi connectivity index (χ3v) is 17.0. The second-order valence-corrected chi connectivity index (χ2v) is 21.9. The van der Waals surface area contributed by atoms with E-state index in [1.54, 1.807) is 6.33 Å². The maximum atomic E-state index is 14.3. The van der Waals surface area contributed by atoms with Crippen LogP contribution < -0.4 is 21.3 Å². The average molecular weight is 990 g/mol. The number of rotatable bonds is 15. The second-order valence-electron chi connectivity index (χ2n) is 21.5. The van der Waals surface area contributed by atoms with E-state index in [1.165, 1.54) is 12.0 Å². The van der Waals surface area contributed by atoms with E-state index in [0.717, 1.165) is 139 Å². The fourth-order valence-electron chi connectivity index (χ4n) is 12.0. The normalized spacial score (nSPS) is 22.0. The van der Waals surface area contributed by atoms with E-state index in [2.05, 4.69) is 47.5 Å². The van der Waals surface area contributed by atoms with Crippen LogP contribution in [0, 0.1) is 11.8 Å². The highest BCUT2D eigenvalue weighted by molar-refractivity contribution is 6.30. The SMILES string of the molecule is NC1(C(=O)N[C@@H](CCN2CCC(OC3CCN(C(=O)[C@H](NC(=O)c4ccc(C5CCN(C(=O)C6CC6)CC5)cc4)C4CCCCC4)CC3)CC2)c2ccc(Cl)cc2)CCN(c2ncnc3[nH]ccc23)CC1. The van der Waals surface area contributed by atoms with Gasteiger partial charge in [-0.3, -0.25) is 19.2 Å². The third-order valence-electron chi connectivity index (χ3n) is 16.8. The lowest BCUT2D eigenvalue weighted by Crippen LogP contribution is -2.60. The summed E-state index contributed by atoms with van der Waals surface area (Å²) < 4.78 is 6.73. The van der Waals surface area contributed by atoms with Crippen molar-refractivity contribution in [3.8, 4) is 0 Å². The van der Waals surface area contributed by atoms with Crippen LogP contribution in [-0.2, 0) is 19.1 Å². The van der Waals surface area contributed by atoms with Crippen LogP contribution in [0.4, 0.5) is 5.82 Å². The van der Waals surface area contributed by atoms with E-state index in [9.17, 15) is 19.2 Å². The molecule has 71 heavy (non-hydrogen) atoms. The molecule has 6 aliphatic rings. The highest BCUT2D eigenvalue weighted by Crippen LogP contribution is 2.36. The van der Waals surface area contributed by atoms with E-state index in [1.807, 2.05) is 58.5 Å². The molecule has 4 aliphatic heterocycles. The molecule has 6 heterocycles. The lowest BCUT2D eigenvalue weighted by atomic mass is 9.83. The van der Waals surface area contributed by atoms with Crippen LogP contribution in [0.1, 0.15) is 136 Å². The molecule has 2 atom stereocenters. The minimum absolute atomic E-state index is 0.0400. The lowest BCUT2D eigenvalue weighted by Gasteiger charge is -2.40. The van der Waals surface area contributed by atoms with E-state index >= 15 is 0 Å². The zero-order chi connectivity index (χ0) is 48.9. The van der Waals surface area contributed by atoms with Gasteiger partial charge in [-0.25, -0.2) is 9.97 Å². The van der Waals surface area contributed by atoms with E-state index in [0.29, 0.717) is 61.4 Å². The molecule has 0 spiro atoms. The van der Waals surface area contributed by atoms with Crippen molar-refractivity contribution in [2.24, 2.45) is 17.6 Å². The fourth-order valence-corrected chi connectivity index (χ4v) is 12.2. The van der Waals surface area contributed by atoms with Gasteiger partial charge in [-0.2, -0.15) is 0 Å². The number of nitrogens with one attached hydrogen (secondary N) is 3. The van der Waals surface area contributed by atoms with Crippen molar-refractivity contribution in [3.63, 3.8) is 0 Å². The summed E-state index contributed by atoms with van der Waals surface area (Å²) in [6, 6.07) is 16.9. The summed E-state index contributed by atoms with van der Waals surface area (Å²) in [5.74, 6) is 1.69. The molecule has 2 aromatic carbocycles. The van der Waals surface area contributed by atoms with Crippen LogP contribution in [0.3, 0.4) is 0 Å². The zero-order valence-corrected chi connectivity index (χ0v) is 42.0. The number of halogens is 1. The first-order chi connectivity index (χ1) is 34.6. The number of benzene rings is 2. The number of hydrogen-bond donors (Lipinski definition) is 4. The topological polar surface area (TPSA) is 182 Å². The largest absolute Gasteiger partial charge is 0.375 e. The molecular weight excluding hydrogens is 916 g/mol. The summed E-state index contributed by atoms with van der Waals surface area (Å²) in [4.78, 5) is 75.4. The van der Waals surface area contributed by atoms with Gasteiger partial charge in [-0.15, -0.1) is 0 Å². The summed E-state index contributed by atoms with van der Waals surface area (Å²) in [6.45, 7) is 6.72. The number of aromatic nitrogens is 3. The first-order valence-electron chi connectivity index (χ1n) is 26.8. The van der Waals surface area contributed by atoms with Crippen LogP contribution >= 0.6 is 11.6 Å². The van der Waals surface area contributed by atoms with Gasteiger partial charge < -0.3 is 45.7 Å². The molecule has 4 amide bonds. The molecule has 4 saturated heterocycles. The molecular formula is C55H73ClN10O5. The predicted octanol–water partition coefficient (Wildman–Crippen LogP) is 7.12. The second kappa shape index (κ2) is 22.4. The smallest absolute Gasteiger partial charge is 0.251 e. The van der Waals surface area contributed by atoms with Crippen molar-refractivity contribution < 1.29 is 23.9 Å². The zero-order valence-electron chi connectivity index (χ0n) is 41.2. The minimum atomic E-state index is -0.996. The van der Waals surface area contributed by atoms with Crippen molar-refractivity contribution >= 4 is 52.1 Å². The summed E-state index contributed by atoms with van der Waals surface area (Å²) in [6.07, 6.45) is 18.1. The van der Waals surface area contributed by atoms with Gasteiger partial charge in [-0.05, 0) is 137 Å². The number of amides is 4. The third kappa shape index (κ3) is 11.9. The molecule has 380 valence electrons. The minimum Gasteiger partial charge on any atom is -0.375 e. The van der Waals surface area contributed by atoms with Gasteiger partial charge in [0, 0.05) is 81.6 Å². The van der Waals surface area contributed by atoms with Crippen molar-refractivity contribution in [1.82, 2.24) is 40.3 Å². The Labute approximate surface area is 423 Å². The number of H-pyrrole nitrogens is 1. The monoisotopic (exact) mass is 989 g/mol. The Kier molecular flexibility index (Phi) is 15.6. The highest BCUT2D eigenvalue weighted by Gasteiger charge is 2.41. The summed E-state index contributed by atoms with van der Waals surface area (Å²) in [5, 5.41) is 8.20. The van der Waals surface area contributed by atoms with Crippen LogP contribution in [0.5, 0.6) is 0 Å². The number of fused-ring (bicyclic) bond motifs is 1. The Bertz CT molecular complexity index is 2440. The summed E-state index contributed by atoms with van der Waals surface area (Å²) in [7, 11) is 0. The molecule has 0 radical (unpaired) electrons. The molecule has 16 heteroatoms. The average Bonchev–Trinajstić information content (AvgIpc) is 4.15. The van der Waals surface area contributed by atoms with E-state index in [4.69, 9.17) is 22.1 Å². The van der Waals surface area contributed by atoms with Crippen LogP contribution in [0.15, 0.2) is 67.1 Å². The molecule has 5 N–H and O–H groups in total. The van der Waals surface area contributed by atoms with Gasteiger partial charge in [-0.1, -0.05) is 55.1 Å². The molecule has 15 nitrogen and oxygen atoms in total. The van der Waals surface area contributed by atoms with Gasteiger partial charge in [0.2, 0.25) is 17.7 Å². The van der Waals surface area contributed by atoms with Crippen molar-refractivity contribution in [2.75, 3.05) is 63.8 Å². The maximum Gasteiger partial charge on any atom is 0.251 e. The first kappa shape index (κ1) is 49.5. The molecule has 0 bridgehead atoms. The number of nitrogens with two attached hydrogens (primary N) is 1. The predicted molar refractivity (Wildman–Crippen MR) is 275 cm³/mol. The molecule has 2 aromatic heterocycles. The van der Waals surface area contributed by atoms with Crippen LogP contribution in [0.2, 0.25) is 5.02 Å². The number of aromatic amines is 1. The Morgan fingerprint density at radius 3 is 2.08 bits per heavy atom. The van der Waals surface area contributed by atoms with Gasteiger partial charge in [0.05, 0.1) is 29.2 Å². The van der Waals surface area contributed by atoms with Gasteiger partial charge >= 0.3 is 0 Å². The highest BCUT2D eigenvalue weighted by atomic mass is 35.5. The fraction of sp³-hybridized carbons (Fsp3) is 0.600. The summed E-state index contributed by atoms with van der Waals surface area (Å²) >= 11 is 6.29. The number of piperidine rings is 4. The molecule has 2 aliphatic carbocycles. The number of ether oxygens (including phenoxy) is 1. The Balaban J connectivity index is 0.673. The van der Waals surface area contributed by atoms with Gasteiger partial charge in [0.25, 0.3) is 5.91 Å². The lowest BCUT2D eigenvalue weighted by molar-refractivity contribution is -0.139. The Hall–Kier alpha value is -5.09. The number of likely N-dealkylation sites (tertiary alicyclic amines) is 3. The van der Waals surface area contributed by atoms with Crippen molar-refractivity contribution in [3.05, 3.63) is 88.8 Å².